The molecule has 0 bridgehead atoms. The number of pyridine rings is 1. The average molecular weight is 219 g/mol. The molecule has 15 heavy (non-hydrogen) atoms. The van der Waals surface area contributed by atoms with E-state index in [1.807, 2.05) is 11.7 Å². The zero-order valence-electron chi connectivity index (χ0n) is 8.44. The Morgan fingerprint density at radius 2 is 2.33 bits per heavy atom. The lowest BCUT2D eigenvalue weighted by Crippen LogP contribution is -2.26. The highest BCUT2D eigenvalue weighted by Gasteiger charge is 2.15. The molecule has 2 aromatic rings. The molecule has 1 N–H and O–H groups in total. The summed E-state index contributed by atoms with van der Waals surface area (Å²) in [5, 5.41) is 3.53. The number of hydrogen-bond acceptors (Lipinski definition) is 4. The Kier molecular flexibility index (Phi) is 2.38. The summed E-state index contributed by atoms with van der Waals surface area (Å²) >= 11 is 1.60. The Morgan fingerprint density at radius 1 is 1.33 bits per heavy atom. The molecular weight excluding hydrogens is 206 g/mol. The zero-order valence-corrected chi connectivity index (χ0v) is 9.26. The van der Waals surface area contributed by atoms with Crippen molar-refractivity contribution in [3.05, 3.63) is 23.3 Å². The molecule has 1 aliphatic rings. The Morgan fingerprint density at radius 3 is 3.20 bits per heavy atom. The largest absolute Gasteiger partial charge is 0.310 e. The zero-order chi connectivity index (χ0) is 10.1. The van der Waals surface area contributed by atoms with Crippen LogP contribution >= 0.6 is 11.3 Å². The van der Waals surface area contributed by atoms with E-state index < -0.39 is 0 Å². The van der Waals surface area contributed by atoms with E-state index in [9.17, 15) is 0 Å². The molecule has 3 heterocycles. The lowest BCUT2D eigenvalue weighted by Gasteiger charge is -2.23. The summed E-state index contributed by atoms with van der Waals surface area (Å²) in [6, 6.07) is 2.65. The van der Waals surface area contributed by atoms with E-state index in [1.165, 1.54) is 24.8 Å². The molecule has 1 aliphatic heterocycles. The second-order valence-corrected chi connectivity index (χ2v) is 4.78. The standard InChI is InChI=1S/C11H13N3S/c1-2-4-12-9(3-1)8-5-10-11(13-6-8)15-7-14-10/h5-7,9,12H,1-4H2/t9-/m0/s1. The number of rotatable bonds is 1. The van der Waals surface area contributed by atoms with E-state index >= 15 is 0 Å². The van der Waals surface area contributed by atoms with E-state index in [0.29, 0.717) is 6.04 Å². The van der Waals surface area contributed by atoms with Crippen LogP contribution in [0.3, 0.4) is 0 Å². The molecule has 78 valence electrons. The van der Waals surface area contributed by atoms with Crippen molar-refractivity contribution < 1.29 is 0 Å². The van der Waals surface area contributed by atoms with Gasteiger partial charge in [0.15, 0.2) is 0 Å². The maximum atomic E-state index is 4.43. The van der Waals surface area contributed by atoms with Crippen LogP contribution in [0.2, 0.25) is 0 Å². The second kappa shape index (κ2) is 3.87. The van der Waals surface area contributed by atoms with Gasteiger partial charge in [-0.2, -0.15) is 0 Å². The molecule has 1 atom stereocenters. The van der Waals surface area contributed by atoms with Crippen LogP contribution in [0.1, 0.15) is 30.9 Å². The Labute approximate surface area is 92.6 Å². The minimum atomic E-state index is 0.484. The van der Waals surface area contributed by atoms with Gasteiger partial charge in [-0.3, -0.25) is 0 Å². The normalized spacial score (nSPS) is 22.0. The fourth-order valence-electron chi connectivity index (χ4n) is 2.10. The molecule has 1 saturated heterocycles. The van der Waals surface area contributed by atoms with E-state index in [1.54, 1.807) is 11.3 Å². The minimum Gasteiger partial charge on any atom is -0.310 e. The van der Waals surface area contributed by atoms with Crippen molar-refractivity contribution in [3.63, 3.8) is 0 Å². The van der Waals surface area contributed by atoms with Gasteiger partial charge in [0.1, 0.15) is 10.3 Å². The third-order valence-electron chi connectivity index (χ3n) is 2.92. The van der Waals surface area contributed by atoms with E-state index in [-0.39, 0.29) is 0 Å². The van der Waals surface area contributed by atoms with E-state index in [2.05, 4.69) is 21.4 Å². The van der Waals surface area contributed by atoms with Crippen LogP contribution in [0.5, 0.6) is 0 Å². The maximum Gasteiger partial charge on any atom is 0.143 e. The van der Waals surface area contributed by atoms with Crippen molar-refractivity contribution in [1.29, 1.82) is 0 Å². The molecule has 0 unspecified atom stereocenters. The van der Waals surface area contributed by atoms with Gasteiger partial charge in [0, 0.05) is 12.2 Å². The maximum absolute atomic E-state index is 4.43. The highest BCUT2D eigenvalue weighted by molar-refractivity contribution is 7.16. The number of hydrogen-bond donors (Lipinski definition) is 1. The lowest BCUT2D eigenvalue weighted by molar-refractivity contribution is 0.412. The number of fused-ring (bicyclic) bond motifs is 1. The number of nitrogens with zero attached hydrogens (tertiary/aromatic N) is 2. The van der Waals surface area contributed by atoms with Gasteiger partial charge >= 0.3 is 0 Å². The Balaban J connectivity index is 1.95. The topological polar surface area (TPSA) is 37.8 Å². The van der Waals surface area contributed by atoms with Gasteiger partial charge in [-0.15, -0.1) is 11.3 Å². The first-order chi connectivity index (χ1) is 7.43. The van der Waals surface area contributed by atoms with E-state index in [0.717, 1.165) is 16.9 Å². The van der Waals surface area contributed by atoms with Gasteiger partial charge in [-0.25, -0.2) is 9.97 Å². The van der Waals surface area contributed by atoms with Gasteiger partial charge in [-0.1, -0.05) is 6.42 Å². The SMILES string of the molecule is c1nc2cc([C@@H]3CCCCN3)cnc2s1. The predicted molar refractivity (Wildman–Crippen MR) is 62.0 cm³/mol. The fraction of sp³-hybridized carbons (Fsp3) is 0.455. The monoisotopic (exact) mass is 219 g/mol. The summed E-state index contributed by atoms with van der Waals surface area (Å²) in [6.45, 7) is 1.12. The quantitative estimate of drug-likeness (QED) is 0.800. The van der Waals surface area contributed by atoms with Crippen LogP contribution in [0.4, 0.5) is 0 Å². The van der Waals surface area contributed by atoms with Crippen molar-refractivity contribution in [2.45, 2.75) is 25.3 Å². The first-order valence-electron chi connectivity index (χ1n) is 5.36. The molecule has 0 aliphatic carbocycles. The predicted octanol–water partition coefficient (Wildman–Crippen LogP) is 2.51. The molecule has 0 aromatic carbocycles. The Hall–Kier alpha value is -1.00. The van der Waals surface area contributed by atoms with Gasteiger partial charge in [-0.05, 0) is 31.0 Å². The molecule has 4 heteroatoms. The van der Waals surface area contributed by atoms with Crippen molar-refractivity contribution >= 4 is 21.7 Å². The number of aromatic nitrogens is 2. The van der Waals surface area contributed by atoms with Crippen molar-refractivity contribution in [1.82, 2.24) is 15.3 Å². The second-order valence-electron chi connectivity index (χ2n) is 3.95. The third-order valence-corrected chi connectivity index (χ3v) is 3.67. The number of nitrogens with one attached hydrogen (secondary N) is 1. The van der Waals surface area contributed by atoms with Crippen LogP contribution in [0.25, 0.3) is 10.3 Å². The van der Waals surface area contributed by atoms with Gasteiger partial charge in [0.25, 0.3) is 0 Å². The minimum absolute atomic E-state index is 0.484. The van der Waals surface area contributed by atoms with Gasteiger partial charge in [0.05, 0.1) is 5.51 Å². The highest BCUT2D eigenvalue weighted by atomic mass is 32.1. The lowest BCUT2D eigenvalue weighted by atomic mass is 9.99. The molecule has 3 rings (SSSR count). The molecule has 0 radical (unpaired) electrons. The van der Waals surface area contributed by atoms with Crippen molar-refractivity contribution in [2.75, 3.05) is 6.54 Å². The molecule has 1 fully saturated rings. The molecule has 0 spiro atoms. The summed E-state index contributed by atoms with van der Waals surface area (Å²) in [6.07, 6.45) is 5.82. The number of piperidine rings is 1. The Bertz CT molecular complexity index is 460. The number of thiazole rings is 1. The van der Waals surface area contributed by atoms with Crippen LogP contribution in [0, 0.1) is 0 Å². The summed E-state index contributed by atoms with van der Waals surface area (Å²) < 4.78 is 0. The summed E-state index contributed by atoms with van der Waals surface area (Å²) in [4.78, 5) is 9.77. The van der Waals surface area contributed by atoms with Gasteiger partial charge < -0.3 is 5.32 Å². The van der Waals surface area contributed by atoms with E-state index in [4.69, 9.17) is 0 Å². The molecule has 2 aromatic heterocycles. The first-order valence-corrected chi connectivity index (χ1v) is 6.24. The molecule has 0 saturated carbocycles. The van der Waals surface area contributed by atoms with Crippen molar-refractivity contribution in [2.24, 2.45) is 0 Å². The summed E-state index contributed by atoms with van der Waals surface area (Å²) in [5.74, 6) is 0. The van der Waals surface area contributed by atoms with Crippen LogP contribution in [-0.2, 0) is 0 Å². The van der Waals surface area contributed by atoms with Gasteiger partial charge in [0.2, 0.25) is 0 Å². The molecular formula is C11H13N3S. The van der Waals surface area contributed by atoms with Crippen molar-refractivity contribution in [3.8, 4) is 0 Å². The van der Waals surface area contributed by atoms with Crippen LogP contribution < -0.4 is 5.32 Å². The molecule has 3 nitrogen and oxygen atoms in total. The van der Waals surface area contributed by atoms with Crippen LogP contribution in [-0.4, -0.2) is 16.5 Å². The third kappa shape index (κ3) is 1.75. The smallest absolute Gasteiger partial charge is 0.143 e. The summed E-state index contributed by atoms with van der Waals surface area (Å²) in [7, 11) is 0. The fourth-order valence-corrected chi connectivity index (χ4v) is 2.71. The average Bonchev–Trinajstić information content (AvgIpc) is 2.77. The first kappa shape index (κ1) is 9.24. The molecule has 0 amide bonds. The van der Waals surface area contributed by atoms with Crippen LogP contribution in [0.15, 0.2) is 17.8 Å². The highest BCUT2D eigenvalue weighted by Crippen LogP contribution is 2.25. The summed E-state index contributed by atoms with van der Waals surface area (Å²) in [5.41, 5.74) is 4.17.